The van der Waals surface area contributed by atoms with Crippen LogP contribution in [0.4, 0.5) is 11.4 Å². The van der Waals surface area contributed by atoms with Gasteiger partial charge in [0.25, 0.3) is 0 Å². The molecule has 0 aliphatic heterocycles. The van der Waals surface area contributed by atoms with E-state index in [1.54, 1.807) is 54.6 Å². The molecule has 0 aromatic heterocycles. The Labute approximate surface area is 197 Å². The number of esters is 2. The van der Waals surface area contributed by atoms with E-state index in [0.717, 1.165) is 6.08 Å². The molecule has 0 bridgehead atoms. The fourth-order valence-corrected chi connectivity index (χ4v) is 3.11. The maximum atomic E-state index is 13.8. The van der Waals surface area contributed by atoms with Gasteiger partial charge in [0.05, 0.1) is 25.4 Å². The molecule has 0 spiro atoms. The lowest BCUT2D eigenvalue weighted by Gasteiger charge is -2.20. The maximum Gasteiger partial charge on any atom is 0.339 e. The van der Waals surface area contributed by atoms with E-state index in [9.17, 15) is 14.4 Å². The summed E-state index contributed by atoms with van der Waals surface area (Å²) >= 11 is 0. The first-order chi connectivity index (χ1) is 16.5. The zero-order chi connectivity index (χ0) is 24.3. The molecule has 0 radical (unpaired) electrons. The molecule has 0 aliphatic carbocycles. The molecule has 7 heteroatoms. The van der Waals surface area contributed by atoms with Gasteiger partial charge in [-0.15, -0.1) is 0 Å². The summed E-state index contributed by atoms with van der Waals surface area (Å²) in [4.78, 5) is 38.7. The van der Waals surface area contributed by atoms with Crippen LogP contribution in [0.25, 0.3) is 0 Å². The van der Waals surface area contributed by atoms with Crippen molar-refractivity contribution in [3.63, 3.8) is 0 Å². The molecule has 3 aromatic rings. The summed E-state index contributed by atoms with van der Waals surface area (Å²) in [6.45, 7) is 0. The van der Waals surface area contributed by atoms with Gasteiger partial charge in [0.1, 0.15) is 5.82 Å². The third-order valence-electron chi connectivity index (χ3n) is 4.74. The van der Waals surface area contributed by atoms with Crippen molar-refractivity contribution in [3.8, 4) is 0 Å². The largest absolute Gasteiger partial charge is 0.466 e. The Balaban J connectivity index is 2.29. The molecular weight excluding hydrogens is 432 g/mol. The molecule has 34 heavy (non-hydrogen) atoms. The second-order valence-electron chi connectivity index (χ2n) is 7.00. The molecule has 0 saturated carbocycles. The molecule has 3 aromatic carbocycles. The number of ketones is 1. The van der Waals surface area contributed by atoms with Gasteiger partial charge in [0.2, 0.25) is 0 Å². The predicted octanol–water partition coefficient (Wildman–Crippen LogP) is 4.58. The molecule has 7 nitrogen and oxygen atoms in total. The average molecular weight is 456 g/mol. The minimum absolute atomic E-state index is 0.0869. The molecule has 0 atom stereocenters. The molecule has 0 heterocycles. The number of ether oxygens (including phenoxy) is 2. The van der Waals surface area contributed by atoms with Gasteiger partial charge in [-0.25, -0.2) is 9.59 Å². The average Bonchev–Trinajstić information content (AvgIpc) is 2.89. The monoisotopic (exact) mass is 456 g/mol. The minimum atomic E-state index is -0.869. The highest BCUT2D eigenvalue weighted by atomic mass is 16.5. The summed E-state index contributed by atoms with van der Waals surface area (Å²) in [7, 11) is 2.36. The van der Waals surface area contributed by atoms with Crippen LogP contribution in [-0.4, -0.2) is 31.9 Å². The van der Waals surface area contributed by atoms with Gasteiger partial charge in [-0.05, 0) is 24.3 Å². The highest BCUT2D eigenvalue weighted by Gasteiger charge is 2.28. The van der Waals surface area contributed by atoms with E-state index in [1.807, 2.05) is 36.4 Å². The number of carbonyl (C=O) groups is 3. The summed E-state index contributed by atoms with van der Waals surface area (Å²) < 4.78 is 9.65. The van der Waals surface area contributed by atoms with Crippen molar-refractivity contribution < 1.29 is 23.9 Å². The third kappa shape index (κ3) is 6.20. The number of carbonyl (C=O) groups excluding carboxylic acids is 3. The van der Waals surface area contributed by atoms with Crippen LogP contribution in [0.2, 0.25) is 0 Å². The Hall–Kier alpha value is -4.65. The van der Waals surface area contributed by atoms with Gasteiger partial charge in [-0.1, -0.05) is 66.7 Å². The Kier molecular flexibility index (Phi) is 8.35. The van der Waals surface area contributed by atoms with Crippen LogP contribution in [-0.2, 0) is 19.1 Å². The van der Waals surface area contributed by atoms with E-state index in [1.165, 1.54) is 14.2 Å². The Morgan fingerprint density at radius 2 is 1.15 bits per heavy atom. The summed E-state index contributed by atoms with van der Waals surface area (Å²) in [5.74, 6) is -1.99. The first kappa shape index (κ1) is 24.0. The molecule has 0 aliphatic rings. The number of rotatable bonds is 9. The summed E-state index contributed by atoms with van der Waals surface area (Å²) in [5.41, 5.74) is 1.28. The van der Waals surface area contributed by atoms with Crippen LogP contribution in [0.5, 0.6) is 0 Å². The second-order valence-corrected chi connectivity index (χ2v) is 7.00. The number of hydrogen-bond donors (Lipinski definition) is 2. The van der Waals surface area contributed by atoms with Crippen molar-refractivity contribution in [1.29, 1.82) is 0 Å². The summed E-state index contributed by atoms with van der Waals surface area (Å²) in [6, 6.07) is 26.7. The van der Waals surface area contributed by atoms with Crippen molar-refractivity contribution in [2.45, 2.75) is 0 Å². The molecule has 3 rings (SSSR count). The van der Waals surface area contributed by atoms with Crippen LogP contribution in [0.3, 0.4) is 0 Å². The highest BCUT2D eigenvalue weighted by molar-refractivity contribution is 6.19. The summed E-state index contributed by atoms with van der Waals surface area (Å²) in [6.07, 6.45) is 0.946. The first-order valence-corrected chi connectivity index (χ1v) is 10.4. The molecule has 2 N–H and O–H groups in total. The van der Waals surface area contributed by atoms with Crippen molar-refractivity contribution in [1.82, 2.24) is 0 Å². The quantitative estimate of drug-likeness (QED) is 0.211. The molecule has 0 unspecified atom stereocenters. The van der Waals surface area contributed by atoms with E-state index >= 15 is 0 Å². The Morgan fingerprint density at radius 3 is 1.59 bits per heavy atom. The third-order valence-corrected chi connectivity index (χ3v) is 4.74. The Bertz CT molecular complexity index is 1160. The lowest BCUT2D eigenvalue weighted by molar-refractivity contribution is -0.138. The highest BCUT2D eigenvalue weighted by Crippen LogP contribution is 2.25. The van der Waals surface area contributed by atoms with Gasteiger partial charge in [0, 0.05) is 23.0 Å². The molecule has 0 saturated heterocycles. The zero-order valence-corrected chi connectivity index (χ0v) is 18.8. The normalized spacial score (nSPS) is 10.6. The number of benzene rings is 3. The van der Waals surface area contributed by atoms with Crippen LogP contribution >= 0.6 is 0 Å². The smallest absolute Gasteiger partial charge is 0.339 e. The van der Waals surface area contributed by atoms with E-state index in [-0.39, 0.29) is 17.0 Å². The number of hydrogen-bond acceptors (Lipinski definition) is 7. The first-order valence-electron chi connectivity index (χ1n) is 10.4. The van der Waals surface area contributed by atoms with E-state index in [0.29, 0.717) is 16.9 Å². The van der Waals surface area contributed by atoms with Crippen molar-refractivity contribution in [2.24, 2.45) is 0 Å². The SMILES string of the molecule is COC(=O)/C=C(/C(=O)OC)C(C(=O)c1ccccc1)=C(Nc1ccccc1)Nc1ccccc1. The van der Waals surface area contributed by atoms with Crippen LogP contribution in [0.15, 0.2) is 114 Å². The number of nitrogens with one attached hydrogen (secondary N) is 2. The van der Waals surface area contributed by atoms with Gasteiger partial charge in [-0.3, -0.25) is 4.79 Å². The second kappa shape index (κ2) is 11.8. The van der Waals surface area contributed by atoms with E-state index < -0.39 is 17.7 Å². The number of anilines is 2. The summed E-state index contributed by atoms with van der Waals surface area (Å²) in [5, 5.41) is 6.35. The molecule has 172 valence electrons. The number of methoxy groups -OCH3 is 2. The molecule has 0 amide bonds. The lowest BCUT2D eigenvalue weighted by Crippen LogP contribution is -2.23. The van der Waals surface area contributed by atoms with Crippen molar-refractivity contribution in [3.05, 3.63) is 120 Å². The van der Waals surface area contributed by atoms with Crippen LogP contribution in [0, 0.1) is 0 Å². The molecular formula is C27H24N2O5. The van der Waals surface area contributed by atoms with Gasteiger partial charge in [-0.2, -0.15) is 0 Å². The minimum Gasteiger partial charge on any atom is -0.466 e. The van der Waals surface area contributed by atoms with E-state index in [2.05, 4.69) is 10.6 Å². The van der Waals surface area contributed by atoms with Crippen molar-refractivity contribution in [2.75, 3.05) is 24.9 Å². The number of para-hydroxylation sites is 2. The van der Waals surface area contributed by atoms with E-state index in [4.69, 9.17) is 9.47 Å². The van der Waals surface area contributed by atoms with Crippen LogP contribution in [0.1, 0.15) is 10.4 Å². The van der Waals surface area contributed by atoms with Gasteiger partial charge < -0.3 is 20.1 Å². The fraction of sp³-hybridized carbons (Fsp3) is 0.0741. The molecule has 0 fully saturated rings. The lowest BCUT2D eigenvalue weighted by atomic mass is 9.95. The fourth-order valence-electron chi connectivity index (χ4n) is 3.11. The standard InChI is InChI=1S/C27H24N2O5/c1-33-23(30)18-22(27(32)34-2)24(25(31)19-12-6-3-7-13-19)26(28-20-14-8-4-9-15-20)29-21-16-10-5-11-17-21/h3-18,28-29H,1-2H3/b22-18+. The van der Waals surface area contributed by atoms with Gasteiger partial charge >= 0.3 is 11.9 Å². The van der Waals surface area contributed by atoms with Gasteiger partial charge in [0.15, 0.2) is 5.78 Å². The predicted molar refractivity (Wildman–Crippen MR) is 130 cm³/mol. The maximum absolute atomic E-state index is 13.8. The number of Topliss-reactive ketones (excluding diaryl/α,β-unsaturated/α-hetero) is 1. The Morgan fingerprint density at radius 1 is 0.676 bits per heavy atom. The van der Waals surface area contributed by atoms with Crippen LogP contribution < -0.4 is 10.6 Å². The topological polar surface area (TPSA) is 93.7 Å². The van der Waals surface area contributed by atoms with Crippen molar-refractivity contribution >= 4 is 29.1 Å². The zero-order valence-electron chi connectivity index (χ0n) is 18.8.